The Balaban J connectivity index is 1.55. The number of rotatable bonds is 6. The van der Waals surface area contributed by atoms with Gasteiger partial charge in [-0.3, -0.25) is 19.3 Å². The Labute approximate surface area is 193 Å². The predicted octanol–water partition coefficient (Wildman–Crippen LogP) is 2.88. The summed E-state index contributed by atoms with van der Waals surface area (Å²) >= 11 is 0. The first kappa shape index (κ1) is 23.1. The highest BCUT2D eigenvalue weighted by Gasteiger charge is 2.36. The number of sulfonamides is 1. The number of carbonyl (C=O) groups is 3. The van der Waals surface area contributed by atoms with Crippen LogP contribution in [0.1, 0.15) is 53.3 Å². The van der Waals surface area contributed by atoms with Crippen molar-refractivity contribution in [3.05, 3.63) is 59.7 Å². The Morgan fingerprint density at radius 3 is 2.33 bits per heavy atom. The van der Waals surface area contributed by atoms with Crippen LogP contribution in [0.5, 0.6) is 5.75 Å². The van der Waals surface area contributed by atoms with Crippen molar-refractivity contribution in [2.24, 2.45) is 0 Å². The molecule has 2 amide bonds. The molecule has 0 aromatic heterocycles. The van der Waals surface area contributed by atoms with E-state index in [2.05, 4.69) is 0 Å². The van der Waals surface area contributed by atoms with E-state index in [0.29, 0.717) is 25.3 Å². The lowest BCUT2D eigenvalue weighted by atomic mass is 10.1. The molecule has 2 aliphatic heterocycles. The molecule has 0 aliphatic carbocycles. The maximum absolute atomic E-state index is 13.0. The maximum Gasteiger partial charge on any atom is 0.270 e. The van der Waals surface area contributed by atoms with Gasteiger partial charge in [0.05, 0.1) is 17.0 Å². The van der Waals surface area contributed by atoms with Crippen molar-refractivity contribution in [1.82, 2.24) is 9.21 Å². The van der Waals surface area contributed by atoms with E-state index in [4.69, 9.17) is 4.74 Å². The van der Waals surface area contributed by atoms with Crippen LogP contribution < -0.4 is 4.74 Å². The number of ether oxygens (including phenoxy) is 1. The molecule has 33 heavy (non-hydrogen) atoms. The average Bonchev–Trinajstić information content (AvgIpc) is 2.94. The van der Waals surface area contributed by atoms with Crippen molar-refractivity contribution in [1.29, 1.82) is 0 Å². The molecule has 0 unspecified atom stereocenters. The van der Waals surface area contributed by atoms with Crippen LogP contribution in [-0.4, -0.2) is 61.0 Å². The Hall–Kier alpha value is -3.04. The van der Waals surface area contributed by atoms with E-state index in [-0.39, 0.29) is 16.0 Å². The number of hydrogen-bond donors (Lipinski definition) is 0. The number of benzene rings is 2. The molecule has 0 N–H and O–H groups in total. The van der Waals surface area contributed by atoms with E-state index in [9.17, 15) is 22.8 Å². The Kier molecular flexibility index (Phi) is 6.62. The summed E-state index contributed by atoms with van der Waals surface area (Å²) in [4.78, 5) is 39.9. The van der Waals surface area contributed by atoms with E-state index in [1.165, 1.54) is 28.6 Å². The molecule has 9 heteroatoms. The highest BCUT2D eigenvalue weighted by Crippen LogP contribution is 2.27. The number of fused-ring (bicyclic) bond motifs is 1. The van der Waals surface area contributed by atoms with Crippen molar-refractivity contribution in [2.45, 2.75) is 43.6 Å². The number of para-hydroxylation sites is 1. The normalized spacial score (nSPS) is 19.5. The number of nitrogens with zero attached hydrogens (tertiary/aromatic N) is 2. The SMILES string of the molecule is CC[C@@H]1Oc2ccccc2C(=O)N(CC(=O)c2ccc(S(=O)(=O)N3CCCCC3)cc2)C1=O. The van der Waals surface area contributed by atoms with Gasteiger partial charge in [-0.15, -0.1) is 0 Å². The number of ketones is 1. The summed E-state index contributed by atoms with van der Waals surface area (Å²) in [6, 6.07) is 12.2. The van der Waals surface area contributed by atoms with Gasteiger partial charge in [0.2, 0.25) is 10.0 Å². The van der Waals surface area contributed by atoms with Crippen molar-refractivity contribution < 1.29 is 27.5 Å². The van der Waals surface area contributed by atoms with Gasteiger partial charge in [-0.1, -0.05) is 25.5 Å². The molecule has 0 saturated carbocycles. The van der Waals surface area contributed by atoms with Crippen LogP contribution in [0, 0.1) is 0 Å². The van der Waals surface area contributed by atoms with Gasteiger partial charge in [0.25, 0.3) is 11.8 Å². The van der Waals surface area contributed by atoms with E-state index < -0.39 is 40.3 Å². The van der Waals surface area contributed by atoms with Gasteiger partial charge in [0.15, 0.2) is 11.9 Å². The molecule has 0 bridgehead atoms. The van der Waals surface area contributed by atoms with E-state index in [1.807, 2.05) is 0 Å². The molecule has 4 rings (SSSR count). The van der Waals surface area contributed by atoms with Gasteiger partial charge < -0.3 is 4.74 Å². The lowest BCUT2D eigenvalue weighted by Gasteiger charge is -2.26. The van der Waals surface area contributed by atoms with Gasteiger partial charge in [-0.25, -0.2) is 8.42 Å². The number of imide groups is 1. The maximum atomic E-state index is 13.0. The van der Waals surface area contributed by atoms with E-state index in [0.717, 1.165) is 24.2 Å². The number of hydrogen-bond acceptors (Lipinski definition) is 6. The topological polar surface area (TPSA) is 101 Å². The smallest absolute Gasteiger partial charge is 0.270 e. The molecule has 1 atom stereocenters. The molecule has 0 radical (unpaired) electrons. The van der Waals surface area contributed by atoms with Crippen molar-refractivity contribution >= 4 is 27.6 Å². The van der Waals surface area contributed by atoms with Crippen molar-refractivity contribution in [3.8, 4) is 5.75 Å². The first-order valence-electron chi connectivity index (χ1n) is 11.1. The second kappa shape index (κ2) is 9.44. The van der Waals surface area contributed by atoms with Gasteiger partial charge in [-0.05, 0) is 55.7 Å². The highest BCUT2D eigenvalue weighted by atomic mass is 32.2. The second-order valence-corrected chi connectivity index (χ2v) is 10.1. The van der Waals surface area contributed by atoms with E-state index in [1.54, 1.807) is 31.2 Å². The molecule has 2 aromatic carbocycles. The first-order valence-corrected chi connectivity index (χ1v) is 12.5. The minimum Gasteiger partial charge on any atom is -0.480 e. The quantitative estimate of drug-likeness (QED) is 0.475. The van der Waals surface area contributed by atoms with Crippen molar-refractivity contribution in [2.75, 3.05) is 19.6 Å². The Morgan fingerprint density at radius 2 is 1.67 bits per heavy atom. The third-order valence-electron chi connectivity index (χ3n) is 5.97. The van der Waals surface area contributed by atoms with Gasteiger partial charge in [0, 0.05) is 18.7 Å². The summed E-state index contributed by atoms with van der Waals surface area (Å²) in [6.07, 6.45) is 2.15. The number of amides is 2. The van der Waals surface area contributed by atoms with Crippen LogP contribution in [0.2, 0.25) is 0 Å². The number of piperidine rings is 1. The zero-order valence-electron chi connectivity index (χ0n) is 18.4. The summed E-state index contributed by atoms with van der Waals surface area (Å²) in [5, 5.41) is 0. The van der Waals surface area contributed by atoms with E-state index >= 15 is 0 Å². The van der Waals surface area contributed by atoms with Gasteiger partial charge >= 0.3 is 0 Å². The van der Waals surface area contributed by atoms with Crippen LogP contribution in [0.15, 0.2) is 53.4 Å². The number of carbonyl (C=O) groups excluding carboxylic acids is 3. The molecule has 8 nitrogen and oxygen atoms in total. The average molecular weight is 471 g/mol. The summed E-state index contributed by atoms with van der Waals surface area (Å²) in [5.41, 5.74) is 0.442. The first-order chi connectivity index (χ1) is 15.8. The number of Topliss-reactive ketones (excluding diaryl/α,β-unsaturated/α-hetero) is 1. The fraction of sp³-hybridized carbons (Fsp3) is 0.375. The fourth-order valence-electron chi connectivity index (χ4n) is 4.08. The Bertz CT molecular complexity index is 1170. The van der Waals surface area contributed by atoms with Crippen LogP contribution in [0.4, 0.5) is 0 Å². The lowest BCUT2D eigenvalue weighted by Crippen LogP contribution is -2.45. The fourth-order valence-corrected chi connectivity index (χ4v) is 5.60. The highest BCUT2D eigenvalue weighted by molar-refractivity contribution is 7.89. The molecule has 1 fully saturated rings. The summed E-state index contributed by atoms with van der Waals surface area (Å²) in [6.45, 7) is 2.29. The molecule has 0 spiro atoms. The largest absolute Gasteiger partial charge is 0.480 e. The molecule has 1 saturated heterocycles. The molecule has 174 valence electrons. The third kappa shape index (κ3) is 4.56. The Morgan fingerprint density at radius 1 is 1.00 bits per heavy atom. The summed E-state index contributed by atoms with van der Waals surface area (Å²) < 4.78 is 32.8. The molecular weight excluding hydrogens is 444 g/mol. The van der Waals surface area contributed by atoms with Gasteiger partial charge in [-0.2, -0.15) is 4.31 Å². The molecule has 2 heterocycles. The molecule has 2 aliphatic rings. The summed E-state index contributed by atoms with van der Waals surface area (Å²) in [7, 11) is -3.61. The van der Waals surface area contributed by atoms with Gasteiger partial charge in [0.1, 0.15) is 5.75 Å². The zero-order chi connectivity index (χ0) is 23.6. The lowest BCUT2D eigenvalue weighted by molar-refractivity contribution is -0.135. The van der Waals surface area contributed by atoms with Crippen LogP contribution in [0.3, 0.4) is 0 Å². The van der Waals surface area contributed by atoms with Crippen LogP contribution in [0.25, 0.3) is 0 Å². The standard InChI is InChI=1S/C24H26N2O6S/c1-2-21-24(29)26(23(28)19-8-4-5-9-22(19)32-21)16-20(27)17-10-12-18(13-11-17)33(30,31)25-14-6-3-7-15-25/h4-5,8-13,21H,2-3,6-7,14-16H2,1H3/t21-/m0/s1. The van der Waals surface area contributed by atoms with Crippen LogP contribution >= 0.6 is 0 Å². The monoisotopic (exact) mass is 470 g/mol. The minimum absolute atomic E-state index is 0.122. The summed E-state index contributed by atoms with van der Waals surface area (Å²) in [5.74, 6) is -1.32. The molecule has 2 aromatic rings. The zero-order valence-corrected chi connectivity index (χ0v) is 19.2. The van der Waals surface area contributed by atoms with Crippen LogP contribution in [-0.2, 0) is 14.8 Å². The third-order valence-corrected chi connectivity index (χ3v) is 7.89. The molecular formula is C24H26N2O6S. The second-order valence-electron chi connectivity index (χ2n) is 8.15. The van der Waals surface area contributed by atoms with Crippen molar-refractivity contribution in [3.63, 3.8) is 0 Å². The predicted molar refractivity (Wildman–Crippen MR) is 121 cm³/mol. The minimum atomic E-state index is -3.61.